The molecule has 6 rings (SSSR count). The lowest BCUT2D eigenvalue weighted by atomic mass is 9.99. The first-order valence-corrected chi connectivity index (χ1v) is 11.8. The van der Waals surface area contributed by atoms with Crippen molar-refractivity contribution in [3.63, 3.8) is 0 Å². The van der Waals surface area contributed by atoms with Crippen molar-refractivity contribution in [3.05, 3.63) is 78.0 Å². The van der Waals surface area contributed by atoms with Gasteiger partial charge in [0.1, 0.15) is 5.69 Å². The van der Waals surface area contributed by atoms with Gasteiger partial charge in [0.25, 0.3) is 0 Å². The predicted octanol–water partition coefficient (Wildman–Crippen LogP) is 5.05. The SMILES string of the molecule is CC(C)c1ccc(-c2ccc3nnc(C(F)(F)c4ccc5nc(NC(=O)C6CC6)cn5n4)n3c2)cc1. The van der Waals surface area contributed by atoms with Crippen LogP contribution in [0.2, 0.25) is 0 Å². The maximum atomic E-state index is 15.7. The van der Waals surface area contributed by atoms with E-state index in [1.54, 1.807) is 12.3 Å². The number of aromatic nitrogens is 6. The number of carbonyl (C=O) groups is 1. The maximum Gasteiger partial charge on any atom is 0.350 e. The van der Waals surface area contributed by atoms with Crippen molar-refractivity contribution in [2.75, 3.05) is 5.32 Å². The van der Waals surface area contributed by atoms with Crippen LogP contribution in [0.1, 0.15) is 49.7 Å². The minimum Gasteiger partial charge on any atom is -0.309 e. The van der Waals surface area contributed by atoms with E-state index in [9.17, 15) is 4.79 Å². The third-order valence-electron chi connectivity index (χ3n) is 6.43. The first-order valence-electron chi connectivity index (χ1n) is 11.8. The zero-order valence-electron chi connectivity index (χ0n) is 19.7. The standard InChI is InChI=1S/C26H23F2N7O/c1-15(2)16-3-5-17(6-4-16)19-9-11-23-31-32-25(34(23)13-19)26(27,28)20-10-12-22-29-21(14-35(22)33-20)30-24(36)18-7-8-18/h3-6,9-15,18H,7-8H2,1-2H3,(H,30,36). The van der Waals surface area contributed by atoms with Crippen molar-refractivity contribution in [1.29, 1.82) is 0 Å². The van der Waals surface area contributed by atoms with E-state index in [4.69, 9.17) is 0 Å². The molecule has 10 heteroatoms. The predicted molar refractivity (Wildman–Crippen MR) is 130 cm³/mol. The number of amides is 1. The second-order valence-corrected chi connectivity index (χ2v) is 9.43. The van der Waals surface area contributed by atoms with Gasteiger partial charge < -0.3 is 5.32 Å². The number of rotatable bonds is 6. The lowest BCUT2D eigenvalue weighted by Gasteiger charge is -2.14. The van der Waals surface area contributed by atoms with Gasteiger partial charge in [0.2, 0.25) is 11.7 Å². The first-order chi connectivity index (χ1) is 17.3. The Morgan fingerprint density at radius 3 is 2.42 bits per heavy atom. The van der Waals surface area contributed by atoms with Crippen LogP contribution in [0.4, 0.5) is 14.6 Å². The number of halogens is 2. The largest absolute Gasteiger partial charge is 0.350 e. The van der Waals surface area contributed by atoms with Crippen LogP contribution in [0.15, 0.2) is 60.9 Å². The minimum atomic E-state index is -3.53. The quantitative estimate of drug-likeness (QED) is 0.362. The Hall–Kier alpha value is -4.21. The molecule has 5 aromatic rings. The summed E-state index contributed by atoms with van der Waals surface area (Å²) >= 11 is 0. The Morgan fingerprint density at radius 2 is 1.69 bits per heavy atom. The minimum absolute atomic E-state index is 0.00178. The summed E-state index contributed by atoms with van der Waals surface area (Å²) in [6, 6.07) is 14.2. The Balaban J connectivity index is 1.35. The molecule has 8 nitrogen and oxygen atoms in total. The number of fused-ring (bicyclic) bond motifs is 2. The molecule has 0 spiro atoms. The molecule has 0 bridgehead atoms. The molecule has 36 heavy (non-hydrogen) atoms. The molecular formula is C26H23F2N7O. The molecule has 0 unspecified atom stereocenters. The van der Waals surface area contributed by atoms with Crippen LogP contribution in [0.3, 0.4) is 0 Å². The van der Waals surface area contributed by atoms with Gasteiger partial charge in [-0.1, -0.05) is 38.1 Å². The Bertz CT molecular complexity index is 1600. The zero-order chi connectivity index (χ0) is 25.0. The second-order valence-electron chi connectivity index (χ2n) is 9.43. The summed E-state index contributed by atoms with van der Waals surface area (Å²) < 4.78 is 33.9. The number of alkyl halides is 2. The molecular weight excluding hydrogens is 464 g/mol. The van der Waals surface area contributed by atoms with E-state index in [-0.39, 0.29) is 17.6 Å². The molecule has 4 aromatic heterocycles. The number of benzene rings is 1. The number of pyridine rings is 1. The fraction of sp³-hybridized carbons (Fsp3) is 0.269. The van der Waals surface area contributed by atoms with Crippen LogP contribution >= 0.6 is 0 Å². The number of hydrogen-bond donors (Lipinski definition) is 1. The van der Waals surface area contributed by atoms with E-state index in [1.807, 2.05) is 30.3 Å². The van der Waals surface area contributed by atoms with Gasteiger partial charge in [-0.15, -0.1) is 10.2 Å². The van der Waals surface area contributed by atoms with E-state index in [1.165, 1.54) is 32.8 Å². The van der Waals surface area contributed by atoms with Gasteiger partial charge in [-0.2, -0.15) is 13.9 Å². The number of nitrogens with one attached hydrogen (secondary N) is 1. The molecule has 1 aliphatic carbocycles. The molecule has 1 aromatic carbocycles. The lowest BCUT2D eigenvalue weighted by Crippen LogP contribution is -2.22. The monoisotopic (exact) mass is 487 g/mol. The summed E-state index contributed by atoms with van der Waals surface area (Å²) in [4.78, 5) is 16.3. The normalized spacial score (nSPS) is 14.1. The van der Waals surface area contributed by atoms with Crippen molar-refractivity contribution in [3.8, 4) is 11.1 Å². The van der Waals surface area contributed by atoms with Gasteiger partial charge in [-0.05, 0) is 59.7 Å². The molecule has 0 atom stereocenters. The van der Waals surface area contributed by atoms with Gasteiger partial charge in [0.05, 0.1) is 6.20 Å². The third kappa shape index (κ3) is 3.88. The van der Waals surface area contributed by atoms with Crippen LogP contribution in [-0.4, -0.2) is 35.1 Å². The van der Waals surface area contributed by atoms with E-state index in [0.717, 1.165) is 24.0 Å². The number of carbonyl (C=O) groups excluding carboxylic acids is 1. The molecule has 1 fully saturated rings. The van der Waals surface area contributed by atoms with E-state index < -0.39 is 17.4 Å². The summed E-state index contributed by atoms with van der Waals surface area (Å²) in [6.45, 7) is 4.24. The highest BCUT2D eigenvalue weighted by Crippen LogP contribution is 2.35. The van der Waals surface area contributed by atoms with E-state index in [0.29, 0.717) is 17.2 Å². The van der Waals surface area contributed by atoms with Crippen LogP contribution in [0.25, 0.3) is 22.4 Å². The van der Waals surface area contributed by atoms with Crippen LogP contribution in [0.5, 0.6) is 0 Å². The number of nitrogens with zero attached hydrogens (tertiary/aromatic N) is 6. The van der Waals surface area contributed by atoms with Crippen molar-refractivity contribution < 1.29 is 13.6 Å². The molecule has 0 radical (unpaired) electrons. The van der Waals surface area contributed by atoms with Gasteiger partial charge in [-0.25, -0.2) is 9.50 Å². The summed E-state index contributed by atoms with van der Waals surface area (Å²) in [5.41, 5.74) is 3.02. The van der Waals surface area contributed by atoms with E-state index >= 15 is 8.78 Å². The smallest absolute Gasteiger partial charge is 0.309 e. The molecule has 0 aliphatic heterocycles. The molecule has 4 heterocycles. The zero-order valence-corrected chi connectivity index (χ0v) is 19.7. The van der Waals surface area contributed by atoms with Gasteiger partial charge >= 0.3 is 5.92 Å². The summed E-state index contributed by atoms with van der Waals surface area (Å²) in [6.07, 6.45) is 4.75. The van der Waals surface area contributed by atoms with Gasteiger partial charge in [0.15, 0.2) is 17.1 Å². The molecule has 1 N–H and O–H groups in total. The molecule has 1 saturated carbocycles. The Kier molecular flexibility index (Phi) is 5.06. The highest BCUT2D eigenvalue weighted by molar-refractivity contribution is 5.93. The third-order valence-corrected chi connectivity index (χ3v) is 6.43. The fourth-order valence-electron chi connectivity index (χ4n) is 4.13. The number of imidazole rings is 1. The van der Waals surface area contributed by atoms with Crippen LogP contribution in [0, 0.1) is 5.92 Å². The lowest BCUT2D eigenvalue weighted by molar-refractivity contribution is -0.117. The highest BCUT2D eigenvalue weighted by atomic mass is 19.3. The molecule has 1 amide bonds. The topological polar surface area (TPSA) is 89.5 Å². The van der Waals surface area contributed by atoms with Crippen LogP contribution < -0.4 is 5.32 Å². The molecule has 1 aliphatic rings. The average molecular weight is 488 g/mol. The van der Waals surface area contributed by atoms with Gasteiger partial charge in [-0.3, -0.25) is 9.20 Å². The van der Waals surface area contributed by atoms with Crippen LogP contribution in [-0.2, 0) is 10.7 Å². The Morgan fingerprint density at radius 1 is 0.972 bits per heavy atom. The van der Waals surface area contributed by atoms with Gasteiger partial charge in [0, 0.05) is 12.1 Å². The van der Waals surface area contributed by atoms with E-state index in [2.05, 4.69) is 39.4 Å². The van der Waals surface area contributed by atoms with Crippen molar-refractivity contribution >= 4 is 23.0 Å². The molecule has 0 saturated heterocycles. The number of hydrogen-bond acceptors (Lipinski definition) is 5. The highest BCUT2D eigenvalue weighted by Gasteiger charge is 2.41. The van der Waals surface area contributed by atoms with Crippen molar-refractivity contribution in [2.45, 2.75) is 38.5 Å². The Labute approximate surface area is 205 Å². The first kappa shape index (κ1) is 22.3. The maximum absolute atomic E-state index is 15.7. The second kappa shape index (κ2) is 8.18. The molecule has 182 valence electrons. The van der Waals surface area contributed by atoms with Crippen molar-refractivity contribution in [1.82, 2.24) is 29.2 Å². The fourth-order valence-corrected chi connectivity index (χ4v) is 4.13. The summed E-state index contributed by atoms with van der Waals surface area (Å²) in [7, 11) is 0. The summed E-state index contributed by atoms with van der Waals surface area (Å²) in [5.74, 6) is -3.51. The van der Waals surface area contributed by atoms with Crippen molar-refractivity contribution in [2.24, 2.45) is 5.92 Å². The average Bonchev–Trinajstić information content (AvgIpc) is 3.51. The summed E-state index contributed by atoms with van der Waals surface area (Å²) in [5, 5.41) is 14.5. The number of anilines is 1.